The van der Waals surface area contributed by atoms with Crippen LogP contribution in [0.1, 0.15) is 30.5 Å². The molecule has 0 fully saturated rings. The van der Waals surface area contributed by atoms with Crippen molar-refractivity contribution in [3.63, 3.8) is 0 Å². The Hall–Kier alpha value is -5.22. The predicted molar refractivity (Wildman–Crippen MR) is 171 cm³/mol. The van der Waals surface area contributed by atoms with Crippen molar-refractivity contribution in [3.8, 4) is 28.2 Å². The first kappa shape index (κ1) is 23.5. The molecule has 1 aliphatic rings. The predicted octanol–water partition coefficient (Wildman–Crippen LogP) is 9.75. The molecule has 3 aromatic heterocycles. The highest BCUT2D eigenvalue weighted by Gasteiger charge is 2.36. The van der Waals surface area contributed by atoms with Crippen molar-refractivity contribution in [3.05, 3.63) is 126 Å². The summed E-state index contributed by atoms with van der Waals surface area (Å²) in [5, 5.41) is 4.42. The Kier molecular flexibility index (Phi) is 4.57. The first-order chi connectivity index (χ1) is 20.5. The average molecular weight is 542 g/mol. The maximum absolute atomic E-state index is 6.43. The number of hydrogen-bond donors (Lipinski definition) is 0. The number of fused-ring (bicyclic) bond motifs is 9. The van der Waals surface area contributed by atoms with E-state index < -0.39 is 0 Å². The summed E-state index contributed by atoms with van der Waals surface area (Å²) in [6.45, 7) is 6.89. The number of furan rings is 1. The molecule has 3 heterocycles. The third-order valence-corrected chi connectivity index (χ3v) is 9.20. The number of aromatic nitrogens is 3. The second-order valence-electron chi connectivity index (χ2n) is 11.9. The van der Waals surface area contributed by atoms with Gasteiger partial charge in [-0.25, -0.2) is 9.97 Å². The van der Waals surface area contributed by atoms with E-state index in [-0.39, 0.29) is 5.41 Å². The van der Waals surface area contributed by atoms with E-state index in [1.54, 1.807) is 6.20 Å². The molecule has 0 saturated heterocycles. The van der Waals surface area contributed by atoms with Gasteiger partial charge in [0.2, 0.25) is 5.71 Å². The number of aryl methyl sites for hydroxylation is 1. The quantitative estimate of drug-likeness (QED) is 0.219. The molecule has 8 aromatic rings. The van der Waals surface area contributed by atoms with Crippen molar-refractivity contribution in [1.29, 1.82) is 0 Å². The van der Waals surface area contributed by atoms with Crippen LogP contribution in [0.15, 0.2) is 114 Å². The zero-order valence-corrected chi connectivity index (χ0v) is 23.6. The zero-order valence-electron chi connectivity index (χ0n) is 23.6. The van der Waals surface area contributed by atoms with Gasteiger partial charge in [-0.2, -0.15) is 0 Å². The summed E-state index contributed by atoms with van der Waals surface area (Å²) < 4.78 is 8.79. The summed E-state index contributed by atoms with van der Waals surface area (Å²) in [5.41, 5.74) is 12.0. The molecule has 0 saturated carbocycles. The maximum Gasteiger partial charge on any atom is 0.227 e. The van der Waals surface area contributed by atoms with Gasteiger partial charge < -0.3 is 4.42 Å². The lowest BCUT2D eigenvalue weighted by atomic mass is 9.82. The van der Waals surface area contributed by atoms with Crippen LogP contribution in [0, 0.1) is 6.92 Å². The Bertz CT molecular complexity index is 2410. The molecule has 42 heavy (non-hydrogen) atoms. The maximum atomic E-state index is 6.43. The molecule has 0 bridgehead atoms. The summed E-state index contributed by atoms with van der Waals surface area (Å²) in [6.07, 6.45) is 1.78. The number of nitrogens with zero attached hydrogens (tertiary/aromatic N) is 3. The van der Waals surface area contributed by atoms with Gasteiger partial charge in [0.1, 0.15) is 11.4 Å². The van der Waals surface area contributed by atoms with Crippen molar-refractivity contribution >= 4 is 43.9 Å². The molecule has 5 aromatic carbocycles. The van der Waals surface area contributed by atoms with Gasteiger partial charge in [0, 0.05) is 27.8 Å². The second kappa shape index (κ2) is 8.17. The molecule has 1 aliphatic carbocycles. The van der Waals surface area contributed by atoms with E-state index in [0.717, 1.165) is 44.5 Å². The van der Waals surface area contributed by atoms with Crippen LogP contribution in [0.3, 0.4) is 0 Å². The number of imidazole rings is 1. The van der Waals surface area contributed by atoms with Gasteiger partial charge >= 0.3 is 0 Å². The normalized spacial score (nSPS) is 13.8. The molecule has 4 heteroatoms. The smallest absolute Gasteiger partial charge is 0.227 e. The molecular formula is C38H27N3O. The molecule has 0 amide bonds. The first-order valence-corrected chi connectivity index (χ1v) is 14.4. The fourth-order valence-corrected chi connectivity index (χ4v) is 7.15. The van der Waals surface area contributed by atoms with Gasteiger partial charge in [0.25, 0.3) is 0 Å². The molecule has 4 nitrogen and oxygen atoms in total. The minimum absolute atomic E-state index is 0.114. The van der Waals surface area contributed by atoms with E-state index >= 15 is 0 Å². The minimum atomic E-state index is -0.114. The fourth-order valence-electron chi connectivity index (χ4n) is 7.15. The van der Waals surface area contributed by atoms with Crippen LogP contribution in [0.4, 0.5) is 0 Å². The van der Waals surface area contributed by atoms with Gasteiger partial charge in [0.05, 0.1) is 22.3 Å². The molecule has 0 aliphatic heterocycles. The monoisotopic (exact) mass is 541 g/mol. The van der Waals surface area contributed by atoms with E-state index in [4.69, 9.17) is 9.40 Å². The molecule has 9 rings (SSSR count). The van der Waals surface area contributed by atoms with Crippen LogP contribution in [-0.4, -0.2) is 14.5 Å². The highest BCUT2D eigenvalue weighted by atomic mass is 16.3. The molecule has 200 valence electrons. The van der Waals surface area contributed by atoms with Crippen molar-refractivity contribution in [2.24, 2.45) is 0 Å². The Morgan fingerprint density at radius 2 is 1.48 bits per heavy atom. The van der Waals surface area contributed by atoms with Crippen LogP contribution >= 0.6 is 0 Å². The number of benzene rings is 5. The number of para-hydroxylation sites is 1. The van der Waals surface area contributed by atoms with Gasteiger partial charge in [0.15, 0.2) is 0 Å². The van der Waals surface area contributed by atoms with Crippen LogP contribution in [0.25, 0.3) is 72.1 Å². The summed E-state index contributed by atoms with van der Waals surface area (Å²) in [6, 6.07) is 36.8. The number of pyridine rings is 1. The van der Waals surface area contributed by atoms with Crippen LogP contribution in [-0.2, 0) is 5.41 Å². The van der Waals surface area contributed by atoms with Crippen molar-refractivity contribution in [1.82, 2.24) is 14.5 Å². The van der Waals surface area contributed by atoms with E-state index in [1.165, 1.54) is 38.6 Å². The van der Waals surface area contributed by atoms with E-state index in [0.29, 0.717) is 5.71 Å². The van der Waals surface area contributed by atoms with Gasteiger partial charge in [-0.1, -0.05) is 80.6 Å². The molecule has 0 unspecified atom stereocenters. The molecule has 0 radical (unpaired) electrons. The van der Waals surface area contributed by atoms with Crippen molar-refractivity contribution in [2.75, 3.05) is 0 Å². The molecular weight excluding hydrogens is 514 g/mol. The summed E-state index contributed by atoms with van der Waals surface area (Å²) in [4.78, 5) is 9.84. The first-order valence-electron chi connectivity index (χ1n) is 14.4. The van der Waals surface area contributed by atoms with Crippen LogP contribution < -0.4 is 0 Å². The second-order valence-corrected chi connectivity index (χ2v) is 11.9. The van der Waals surface area contributed by atoms with Gasteiger partial charge in [-0.15, -0.1) is 0 Å². The molecule has 0 spiro atoms. The topological polar surface area (TPSA) is 43.9 Å². The highest BCUT2D eigenvalue weighted by Crippen LogP contribution is 2.50. The highest BCUT2D eigenvalue weighted by molar-refractivity contribution is 6.10. The Balaban J connectivity index is 1.42. The van der Waals surface area contributed by atoms with Crippen molar-refractivity contribution in [2.45, 2.75) is 26.2 Å². The SMILES string of the molecule is Cc1cc2c(cc1-n1c(-c3cccc4c3oc3ncccc34)nc3ccc4ccccc4c31)C(C)(C)c1ccccc1-2. The lowest BCUT2D eigenvalue weighted by molar-refractivity contribution is 0.654. The lowest BCUT2D eigenvalue weighted by Gasteiger charge is -2.23. The summed E-state index contributed by atoms with van der Waals surface area (Å²) >= 11 is 0. The Morgan fingerprint density at radius 1 is 0.690 bits per heavy atom. The molecule has 0 N–H and O–H groups in total. The van der Waals surface area contributed by atoms with Gasteiger partial charge in [-0.3, -0.25) is 4.57 Å². The summed E-state index contributed by atoms with van der Waals surface area (Å²) in [5.74, 6) is 0.863. The van der Waals surface area contributed by atoms with Crippen LogP contribution in [0.5, 0.6) is 0 Å². The van der Waals surface area contributed by atoms with Gasteiger partial charge in [-0.05, 0) is 76.5 Å². The third kappa shape index (κ3) is 3.01. The number of hydrogen-bond acceptors (Lipinski definition) is 3. The van der Waals surface area contributed by atoms with Crippen LogP contribution in [0.2, 0.25) is 0 Å². The van der Waals surface area contributed by atoms with E-state index in [9.17, 15) is 0 Å². The van der Waals surface area contributed by atoms with Crippen molar-refractivity contribution < 1.29 is 4.42 Å². The largest absolute Gasteiger partial charge is 0.437 e. The third-order valence-electron chi connectivity index (χ3n) is 9.20. The Morgan fingerprint density at radius 3 is 2.40 bits per heavy atom. The number of rotatable bonds is 2. The standard InChI is InChI=1S/C38H27N3O/c1-22-20-29-25-12-6-7-16-30(25)38(2,3)31(29)21-33(22)41-34-24-11-5-4-10-23(24)17-18-32(34)40-36(41)28-14-8-13-26-27-15-9-19-39-37(27)42-35(26)28/h4-21H,1-3H3. The van der Waals surface area contributed by atoms with E-state index in [2.05, 4.69) is 127 Å². The zero-order chi connectivity index (χ0) is 28.2. The minimum Gasteiger partial charge on any atom is -0.437 e. The fraction of sp³-hybridized carbons (Fsp3) is 0.105. The summed E-state index contributed by atoms with van der Waals surface area (Å²) in [7, 11) is 0. The Labute approximate surface area is 242 Å². The average Bonchev–Trinajstić information content (AvgIpc) is 3.65. The lowest BCUT2D eigenvalue weighted by Crippen LogP contribution is -2.15. The van der Waals surface area contributed by atoms with E-state index in [1.807, 2.05) is 6.07 Å². The molecule has 0 atom stereocenters.